The predicted octanol–water partition coefficient (Wildman–Crippen LogP) is 3.02. The number of ketones is 1. The molecule has 0 saturated heterocycles. The molecule has 0 aromatic rings. The van der Waals surface area contributed by atoms with Crippen molar-refractivity contribution in [3.8, 4) is 0 Å². The molecule has 3 heteroatoms. The lowest BCUT2D eigenvalue weighted by molar-refractivity contribution is -0.117. The zero-order chi connectivity index (χ0) is 16.4. The van der Waals surface area contributed by atoms with Crippen molar-refractivity contribution in [1.82, 2.24) is 0 Å². The first kappa shape index (κ1) is 15.6. The van der Waals surface area contributed by atoms with Crippen molar-refractivity contribution < 1.29 is 15.0 Å². The summed E-state index contributed by atoms with van der Waals surface area (Å²) in [5, 5.41) is 20.1. The summed E-state index contributed by atoms with van der Waals surface area (Å²) < 4.78 is 0. The highest BCUT2D eigenvalue weighted by Crippen LogP contribution is 2.58. The molecule has 4 aliphatic rings. The lowest BCUT2D eigenvalue weighted by Crippen LogP contribution is -2.49. The maximum Gasteiger partial charge on any atom is 0.158 e. The van der Waals surface area contributed by atoms with Crippen LogP contribution in [0, 0.1) is 29.1 Å². The highest BCUT2D eigenvalue weighted by atomic mass is 16.3. The molecule has 0 aromatic carbocycles. The van der Waals surface area contributed by atoms with Crippen molar-refractivity contribution in [3.63, 3.8) is 0 Å². The molecule has 3 nitrogen and oxygen atoms in total. The fourth-order valence-corrected chi connectivity index (χ4v) is 6.00. The minimum atomic E-state index is -0.551. The van der Waals surface area contributed by atoms with E-state index in [1.54, 1.807) is 0 Å². The molecule has 2 N–H and O–H groups in total. The molecular weight excluding hydrogens is 288 g/mol. The lowest BCUT2D eigenvalue weighted by atomic mass is 9.50. The average molecular weight is 316 g/mol. The second-order valence-electron chi connectivity index (χ2n) is 8.66. The van der Waals surface area contributed by atoms with Crippen LogP contribution in [0.15, 0.2) is 23.3 Å². The summed E-state index contributed by atoms with van der Waals surface area (Å²) in [5.41, 5.74) is 2.43. The number of Topliss-reactive ketones (excluding diaryl/α,β-unsaturated/α-hetero) is 1. The number of rotatable bonds is 0. The van der Waals surface area contributed by atoms with Gasteiger partial charge in [0.25, 0.3) is 0 Å². The van der Waals surface area contributed by atoms with Crippen LogP contribution >= 0.6 is 0 Å². The second-order valence-corrected chi connectivity index (χ2v) is 8.66. The van der Waals surface area contributed by atoms with Gasteiger partial charge in [-0.3, -0.25) is 4.79 Å². The number of carbonyl (C=O) groups is 1. The third kappa shape index (κ3) is 2.35. The summed E-state index contributed by atoms with van der Waals surface area (Å²) in [7, 11) is 0. The fraction of sp³-hybridized carbons (Fsp3) is 0.750. The minimum absolute atomic E-state index is 0.179. The maximum atomic E-state index is 12.0. The van der Waals surface area contributed by atoms with Crippen molar-refractivity contribution in [2.45, 2.75) is 64.6 Å². The highest BCUT2D eigenvalue weighted by Gasteiger charge is 2.51. The average Bonchev–Trinajstić information content (AvgIpc) is 2.50. The van der Waals surface area contributed by atoms with Crippen LogP contribution in [0.5, 0.6) is 0 Å². The van der Waals surface area contributed by atoms with Gasteiger partial charge in [-0.25, -0.2) is 0 Å². The van der Waals surface area contributed by atoms with Gasteiger partial charge >= 0.3 is 0 Å². The van der Waals surface area contributed by atoms with Gasteiger partial charge < -0.3 is 10.2 Å². The van der Waals surface area contributed by atoms with E-state index in [1.807, 2.05) is 6.92 Å². The number of aliphatic hydroxyl groups is 2. The van der Waals surface area contributed by atoms with Gasteiger partial charge in [0.05, 0.1) is 12.2 Å². The van der Waals surface area contributed by atoms with Gasteiger partial charge in [-0.1, -0.05) is 19.1 Å². The number of hydrogen-bond donors (Lipinski definition) is 2. The Morgan fingerprint density at radius 2 is 1.83 bits per heavy atom. The molecule has 0 aliphatic heterocycles. The smallest absolute Gasteiger partial charge is 0.158 e. The zero-order valence-corrected chi connectivity index (χ0v) is 14.2. The van der Waals surface area contributed by atoms with E-state index in [0.717, 1.165) is 37.7 Å². The van der Waals surface area contributed by atoms with Gasteiger partial charge in [0, 0.05) is 6.42 Å². The van der Waals surface area contributed by atoms with E-state index in [0.29, 0.717) is 35.9 Å². The number of hydrogen-bond acceptors (Lipinski definition) is 3. The van der Waals surface area contributed by atoms with Crippen molar-refractivity contribution in [3.05, 3.63) is 23.3 Å². The predicted molar refractivity (Wildman–Crippen MR) is 88.6 cm³/mol. The van der Waals surface area contributed by atoms with E-state index in [4.69, 9.17) is 0 Å². The standard InChI is InChI=1S/C20H28O3/c1-11-14-5-6-20(2)10-13-9-19(23)18(22)8-12(13)7-16(20)15(14)3-4-17(11)21/h5-6,12-13,15-16,18-19,22-23H,3-4,7-10H2,1-2H3/t12-,13-,15+,16-,18+,19-,20+/m0/s1. The second kappa shape index (κ2) is 5.29. The molecule has 23 heavy (non-hydrogen) atoms. The molecule has 2 fully saturated rings. The summed E-state index contributed by atoms with van der Waals surface area (Å²) in [5.74, 6) is 2.45. The number of carbonyl (C=O) groups excluding carboxylic acids is 1. The Bertz CT molecular complexity index is 590. The zero-order valence-electron chi connectivity index (χ0n) is 14.2. The molecular formula is C20H28O3. The largest absolute Gasteiger partial charge is 0.390 e. The van der Waals surface area contributed by atoms with Crippen LogP contribution in [0.1, 0.15) is 52.4 Å². The Hall–Kier alpha value is -0.930. The molecule has 126 valence electrons. The van der Waals surface area contributed by atoms with Crippen LogP contribution in [0.3, 0.4) is 0 Å². The molecule has 0 amide bonds. The Kier molecular flexibility index (Phi) is 3.58. The van der Waals surface area contributed by atoms with Gasteiger partial charge in [-0.2, -0.15) is 0 Å². The van der Waals surface area contributed by atoms with Crippen LogP contribution in [0.4, 0.5) is 0 Å². The molecule has 0 radical (unpaired) electrons. The number of allylic oxidation sites excluding steroid dienone is 4. The van der Waals surface area contributed by atoms with Gasteiger partial charge in [0.15, 0.2) is 5.78 Å². The lowest BCUT2D eigenvalue weighted by Gasteiger charge is -2.55. The topological polar surface area (TPSA) is 57.5 Å². The van der Waals surface area contributed by atoms with E-state index in [2.05, 4.69) is 19.1 Å². The van der Waals surface area contributed by atoms with Crippen molar-refractivity contribution in [2.24, 2.45) is 29.1 Å². The van der Waals surface area contributed by atoms with Gasteiger partial charge in [0.2, 0.25) is 0 Å². The van der Waals surface area contributed by atoms with E-state index in [-0.39, 0.29) is 5.41 Å². The Morgan fingerprint density at radius 3 is 2.57 bits per heavy atom. The molecule has 0 unspecified atom stereocenters. The van der Waals surface area contributed by atoms with E-state index >= 15 is 0 Å². The molecule has 7 atom stereocenters. The SMILES string of the molecule is CC1=C2C=C[C@]3(C)C[C@@H]4C[C@H](O)[C@H](O)C[C@@H]4C[C@H]3[C@@H]2CCC1=O. The fourth-order valence-electron chi connectivity index (χ4n) is 6.00. The van der Waals surface area contributed by atoms with E-state index in [9.17, 15) is 15.0 Å². The first-order chi connectivity index (χ1) is 10.9. The third-order valence-corrected chi connectivity index (χ3v) is 7.37. The maximum absolute atomic E-state index is 12.0. The van der Waals surface area contributed by atoms with Crippen molar-refractivity contribution in [1.29, 1.82) is 0 Å². The highest BCUT2D eigenvalue weighted by molar-refractivity contribution is 5.97. The van der Waals surface area contributed by atoms with E-state index in [1.165, 1.54) is 5.57 Å². The monoisotopic (exact) mass is 316 g/mol. The molecule has 2 saturated carbocycles. The summed E-state index contributed by atoms with van der Waals surface area (Å²) in [6, 6.07) is 0. The first-order valence-electron chi connectivity index (χ1n) is 9.18. The van der Waals surface area contributed by atoms with Crippen LogP contribution < -0.4 is 0 Å². The summed E-state index contributed by atoms with van der Waals surface area (Å²) >= 11 is 0. The van der Waals surface area contributed by atoms with Crippen molar-refractivity contribution >= 4 is 5.78 Å². The molecule has 0 heterocycles. The normalized spacial score (nSPS) is 49.5. The van der Waals surface area contributed by atoms with Crippen LogP contribution in [0.25, 0.3) is 0 Å². The quantitative estimate of drug-likeness (QED) is 0.722. The Morgan fingerprint density at radius 1 is 1.13 bits per heavy atom. The molecule has 4 rings (SSSR count). The van der Waals surface area contributed by atoms with Crippen LogP contribution in [0.2, 0.25) is 0 Å². The molecule has 0 aromatic heterocycles. The molecule has 0 spiro atoms. The van der Waals surface area contributed by atoms with Gasteiger partial charge in [-0.15, -0.1) is 0 Å². The summed E-state index contributed by atoms with van der Waals surface area (Å²) in [6.07, 6.45) is 8.87. The Balaban J connectivity index is 1.67. The molecule has 0 bridgehead atoms. The minimum Gasteiger partial charge on any atom is -0.390 e. The Labute approximate surface area is 138 Å². The van der Waals surface area contributed by atoms with Crippen LogP contribution in [-0.4, -0.2) is 28.2 Å². The summed E-state index contributed by atoms with van der Waals surface area (Å²) in [4.78, 5) is 12.0. The first-order valence-corrected chi connectivity index (χ1v) is 9.18. The van der Waals surface area contributed by atoms with Gasteiger partial charge in [-0.05, 0) is 79.3 Å². The third-order valence-electron chi connectivity index (χ3n) is 7.37. The van der Waals surface area contributed by atoms with E-state index < -0.39 is 12.2 Å². The number of aliphatic hydroxyl groups excluding tert-OH is 2. The van der Waals surface area contributed by atoms with Gasteiger partial charge in [0.1, 0.15) is 0 Å². The van der Waals surface area contributed by atoms with Crippen LogP contribution in [-0.2, 0) is 4.79 Å². The summed E-state index contributed by atoms with van der Waals surface area (Å²) in [6.45, 7) is 4.35. The van der Waals surface area contributed by atoms with Crippen molar-refractivity contribution in [2.75, 3.05) is 0 Å². The number of fused-ring (bicyclic) bond motifs is 4. The molecule has 4 aliphatic carbocycles.